The summed E-state index contributed by atoms with van der Waals surface area (Å²) >= 11 is 0. The maximum Gasteiger partial charge on any atom is 0.119 e. The van der Waals surface area contributed by atoms with E-state index in [1.165, 1.54) is 5.56 Å². The second-order valence-corrected chi connectivity index (χ2v) is 4.61. The Bertz CT molecular complexity index is 482. The van der Waals surface area contributed by atoms with E-state index in [9.17, 15) is 0 Å². The number of nitrogen functional groups attached to an aromatic ring is 1. The highest BCUT2D eigenvalue weighted by Crippen LogP contribution is 2.14. The molecule has 100 valence electrons. The second kappa shape index (κ2) is 6.81. The van der Waals surface area contributed by atoms with Crippen molar-refractivity contribution in [3.05, 3.63) is 60.2 Å². The van der Waals surface area contributed by atoms with Gasteiger partial charge in [0.25, 0.3) is 0 Å². The SMILES string of the molecule is CC(CNCc1ccccc1)Oc1ccc(N)cc1. The molecule has 0 aliphatic heterocycles. The lowest BCUT2D eigenvalue weighted by Crippen LogP contribution is -2.28. The Kier molecular flexibility index (Phi) is 4.81. The minimum Gasteiger partial charge on any atom is -0.489 e. The van der Waals surface area contributed by atoms with Crippen LogP contribution in [0.1, 0.15) is 12.5 Å². The van der Waals surface area contributed by atoms with Crippen molar-refractivity contribution < 1.29 is 4.74 Å². The molecule has 3 N–H and O–H groups in total. The molecule has 0 saturated carbocycles. The highest BCUT2D eigenvalue weighted by molar-refractivity contribution is 5.41. The van der Waals surface area contributed by atoms with Crippen molar-refractivity contribution in [2.24, 2.45) is 0 Å². The minimum atomic E-state index is 0.118. The molecule has 0 aromatic heterocycles. The third kappa shape index (κ3) is 4.64. The molecule has 0 heterocycles. The van der Waals surface area contributed by atoms with Gasteiger partial charge in [0.2, 0.25) is 0 Å². The fourth-order valence-electron chi connectivity index (χ4n) is 1.84. The third-order valence-electron chi connectivity index (χ3n) is 2.82. The number of ether oxygens (including phenoxy) is 1. The molecule has 3 nitrogen and oxygen atoms in total. The number of nitrogens with one attached hydrogen (secondary N) is 1. The molecule has 2 rings (SSSR count). The Morgan fingerprint density at radius 1 is 1.05 bits per heavy atom. The Balaban J connectivity index is 1.73. The Labute approximate surface area is 114 Å². The summed E-state index contributed by atoms with van der Waals surface area (Å²) in [5, 5.41) is 3.38. The topological polar surface area (TPSA) is 47.3 Å². The summed E-state index contributed by atoms with van der Waals surface area (Å²) in [6.45, 7) is 3.71. The molecule has 3 heteroatoms. The molecule has 0 spiro atoms. The molecule has 0 saturated heterocycles. The average Bonchev–Trinajstić information content (AvgIpc) is 2.43. The van der Waals surface area contributed by atoms with Crippen molar-refractivity contribution in [3.8, 4) is 5.75 Å². The van der Waals surface area contributed by atoms with Gasteiger partial charge >= 0.3 is 0 Å². The van der Waals surface area contributed by atoms with Gasteiger partial charge in [-0.3, -0.25) is 0 Å². The van der Waals surface area contributed by atoms with E-state index in [-0.39, 0.29) is 6.10 Å². The highest BCUT2D eigenvalue weighted by atomic mass is 16.5. The van der Waals surface area contributed by atoms with Crippen LogP contribution < -0.4 is 15.8 Å². The summed E-state index contributed by atoms with van der Waals surface area (Å²) in [5.41, 5.74) is 7.67. The summed E-state index contributed by atoms with van der Waals surface area (Å²) in [6.07, 6.45) is 0.118. The second-order valence-electron chi connectivity index (χ2n) is 4.61. The van der Waals surface area contributed by atoms with E-state index in [1.54, 1.807) is 0 Å². The molecule has 1 atom stereocenters. The van der Waals surface area contributed by atoms with Gasteiger partial charge in [0.15, 0.2) is 0 Å². The Morgan fingerprint density at radius 2 is 1.74 bits per heavy atom. The lowest BCUT2D eigenvalue weighted by molar-refractivity contribution is 0.217. The predicted octanol–water partition coefficient (Wildman–Crippen LogP) is 2.83. The summed E-state index contributed by atoms with van der Waals surface area (Å²) < 4.78 is 5.79. The number of nitrogens with two attached hydrogens (primary N) is 1. The first-order valence-electron chi connectivity index (χ1n) is 6.51. The Hall–Kier alpha value is -2.00. The highest BCUT2D eigenvalue weighted by Gasteiger charge is 2.03. The van der Waals surface area contributed by atoms with Crippen molar-refractivity contribution in [2.75, 3.05) is 12.3 Å². The van der Waals surface area contributed by atoms with Gasteiger partial charge in [0.05, 0.1) is 0 Å². The smallest absolute Gasteiger partial charge is 0.119 e. The molecule has 0 bridgehead atoms. The molecular formula is C16H20N2O. The van der Waals surface area contributed by atoms with E-state index in [2.05, 4.69) is 17.4 Å². The lowest BCUT2D eigenvalue weighted by Gasteiger charge is -2.15. The van der Waals surface area contributed by atoms with Crippen molar-refractivity contribution in [3.63, 3.8) is 0 Å². The normalized spacial score (nSPS) is 12.1. The molecule has 0 aliphatic carbocycles. The van der Waals surface area contributed by atoms with Gasteiger partial charge in [-0.2, -0.15) is 0 Å². The first-order valence-corrected chi connectivity index (χ1v) is 6.51. The first-order chi connectivity index (χ1) is 9.24. The molecule has 2 aromatic rings. The van der Waals surface area contributed by atoms with Crippen LogP contribution in [0.15, 0.2) is 54.6 Å². The number of hydrogen-bond acceptors (Lipinski definition) is 3. The summed E-state index contributed by atoms with van der Waals surface area (Å²) in [7, 11) is 0. The minimum absolute atomic E-state index is 0.118. The van der Waals surface area contributed by atoms with E-state index in [0.717, 1.165) is 24.5 Å². The van der Waals surface area contributed by atoms with E-state index >= 15 is 0 Å². The van der Waals surface area contributed by atoms with Crippen LogP contribution in [0.2, 0.25) is 0 Å². The van der Waals surface area contributed by atoms with Crippen LogP contribution in [-0.2, 0) is 6.54 Å². The fourth-order valence-corrected chi connectivity index (χ4v) is 1.84. The van der Waals surface area contributed by atoms with Gasteiger partial charge in [-0.15, -0.1) is 0 Å². The zero-order valence-corrected chi connectivity index (χ0v) is 11.2. The van der Waals surface area contributed by atoms with Gasteiger partial charge in [0.1, 0.15) is 11.9 Å². The van der Waals surface area contributed by atoms with Gasteiger partial charge in [-0.05, 0) is 36.8 Å². The zero-order chi connectivity index (χ0) is 13.5. The number of rotatable bonds is 6. The van der Waals surface area contributed by atoms with Crippen molar-refractivity contribution in [2.45, 2.75) is 19.6 Å². The number of anilines is 1. The number of hydrogen-bond donors (Lipinski definition) is 2. The van der Waals surface area contributed by atoms with Gasteiger partial charge in [-0.25, -0.2) is 0 Å². The van der Waals surface area contributed by atoms with Crippen LogP contribution in [0.4, 0.5) is 5.69 Å². The van der Waals surface area contributed by atoms with Gasteiger partial charge < -0.3 is 15.8 Å². The maximum absolute atomic E-state index is 5.79. The van der Waals surface area contributed by atoms with Crippen LogP contribution in [-0.4, -0.2) is 12.6 Å². The average molecular weight is 256 g/mol. The molecule has 19 heavy (non-hydrogen) atoms. The van der Waals surface area contributed by atoms with Crippen LogP contribution in [0.3, 0.4) is 0 Å². The lowest BCUT2D eigenvalue weighted by atomic mass is 10.2. The number of benzene rings is 2. The van der Waals surface area contributed by atoms with E-state index in [0.29, 0.717) is 0 Å². The third-order valence-corrected chi connectivity index (χ3v) is 2.82. The van der Waals surface area contributed by atoms with Crippen LogP contribution in [0, 0.1) is 0 Å². The van der Waals surface area contributed by atoms with Crippen molar-refractivity contribution in [1.82, 2.24) is 5.32 Å². The summed E-state index contributed by atoms with van der Waals surface area (Å²) in [5.74, 6) is 0.850. The fraction of sp³-hybridized carbons (Fsp3) is 0.250. The molecule has 0 amide bonds. The molecule has 0 radical (unpaired) electrons. The quantitative estimate of drug-likeness (QED) is 0.781. The monoisotopic (exact) mass is 256 g/mol. The van der Waals surface area contributed by atoms with E-state index in [4.69, 9.17) is 10.5 Å². The van der Waals surface area contributed by atoms with Crippen molar-refractivity contribution in [1.29, 1.82) is 0 Å². The standard InChI is InChI=1S/C16H20N2O/c1-13(19-16-9-7-15(17)8-10-16)11-18-12-14-5-3-2-4-6-14/h2-10,13,18H,11-12,17H2,1H3. The van der Waals surface area contributed by atoms with Crippen LogP contribution >= 0.6 is 0 Å². The van der Waals surface area contributed by atoms with E-state index < -0.39 is 0 Å². The molecule has 2 aromatic carbocycles. The predicted molar refractivity (Wildman–Crippen MR) is 79.1 cm³/mol. The van der Waals surface area contributed by atoms with Gasteiger partial charge in [-0.1, -0.05) is 30.3 Å². The summed E-state index contributed by atoms with van der Waals surface area (Å²) in [6, 6.07) is 17.8. The molecular weight excluding hydrogens is 236 g/mol. The van der Waals surface area contributed by atoms with Crippen molar-refractivity contribution >= 4 is 5.69 Å². The largest absolute Gasteiger partial charge is 0.489 e. The Morgan fingerprint density at radius 3 is 2.42 bits per heavy atom. The molecule has 1 unspecified atom stereocenters. The van der Waals surface area contributed by atoms with Crippen LogP contribution in [0.25, 0.3) is 0 Å². The maximum atomic E-state index is 5.79. The van der Waals surface area contributed by atoms with Gasteiger partial charge in [0, 0.05) is 18.8 Å². The first kappa shape index (κ1) is 13.4. The van der Waals surface area contributed by atoms with Crippen LogP contribution in [0.5, 0.6) is 5.75 Å². The zero-order valence-electron chi connectivity index (χ0n) is 11.2. The van der Waals surface area contributed by atoms with E-state index in [1.807, 2.05) is 49.4 Å². The molecule has 0 aliphatic rings. The molecule has 0 fully saturated rings. The summed E-state index contributed by atoms with van der Waals surface area (Å²) in [4.78, 5) is 0.